The topological polar surface area (TPSA) is 70.9 Å². The number of nitrogens with one attached hydrogen (secondary N) is 2. The van der Waals surface area contributed by atoms with Crippen molar-refractivity contribution in [3.05, 3.63) is 46.9 Å². The van der Waals surface area contributed by atoms with E-state index in [1.807, 2.05) is 16.9 Å². The van der Waals surface area contributed by atoms with Gasteiger partial charge < -0.3 is 10.3 Å². The van der Waals surface area contributed by atoms with Crippen LogP contribution in [-0.2, 0) is 0 Å². The van der Waals surface area contributed by atoms with E-state index in [-0.39, 0.29) is 17.7 Å². The number of aromatic nitrogens is 5. The summed E-state index contributed by atoms with van der Waals surface area (Å²) in [6, 6.07) is 0.581. The molecule has 0 radical (unpaired) electrons. The monoisotopic (exact) mass is 486 g/mol. The fraction of sp³-hybridized carbons (Fsp3) is 0.552. The molecule has 36 heavy (non-hydrogen) atoms. The SMILES string of the molecule is Cc1c(-c2[nH]c3cnc(C4CCC(NC56CC(C5)C6)CC4)c(F)c3c2C(C)C)cn2ncnc2c1C. The average Bonchev–Trinajstić information content (AvgIpc) is 3.44. The second-order valence-electron chi connectivity index (χ2n) is 12.1. The van der Waals surface area contributed by atoms with Crippen molar-refractivity contribution in [3.8, 4) is 11.3 Å². The first-order valence-corrected chi connectivity index (χ1v) is 13.6. The molecule has 4 saturated carbocycles. The number of hydrogen-bond acceptors (Lipinski definition) is 4. The number of rotatable bonds is 5. The van der Waals surface area contributed by atoms with Crippen molar-refractivity contribution >= 4 is 16.6 Å². The molecule has 2 bridgehead atoms. The van der Waals surface area contributed by atoms with E-state index in [0.29, 0.717) is 22.7 Å². The molecule has 0 spiro atoms. The van der Waals surface area contributed by atoms with Gasteiger partial charge in [0.15, 0.2) is 11.5 Å². The fourth-order valence-corrected chi connectivity index (χ4v) is 7.31. The summed E-state index contributed by atoms with van der Waals surface area (Å²) in [7, 11) is 0. The third kappa shape index (κ3) is 3.21. The minimum Gasteiger partial charge on any atom is -0.353 e. The number of aromatic amines is 1. The first-order valence-electron chi connectivity index (χ1n) is 13.6. The van der Waals surface area contributed by atoms with Crippen LogP contribution >= 0.6 is 0 Å². The number of aryl methyl sites for hydroxylation is 1. The summed E-state index contributed by atoms with van der Waals surface area (Å²) >= 11 is 0. The van der Waals surface area contributed by atoms with E-state index in [9.17, 15) is 0 Å². The predicted molar refractivity (Wildman–Crippen MR) is 140 cm³/mol. The summed E-state index contributed by atoms with van der Waals surface area (Å²) < 4.78 is 18.1. The lowest BCUT2D eigenvalue weighted by molar-refractivity contribution is -0.0618. The van der Waals surface area contributed by atoms with Gasteiger partial charge in [0.1, 0.15) is 6.33 Å². The number of fused-ring (bicyclic) bond motifs is 2. The molecule has 4 aliphatic rings. The minimum absolute atomic E-state index is 0.134. The summed E-state index contributed by atoms with van der Waals surface area (Å²) in [5.74, 6) is 1.20. The molecule has 0 aromatic carbocycles. The summed E-state index contributed by atoms with van der Waals surface area (Å²) in [5.41, 5.74) is 7.97. The number of halogens is 1. The molecule has 4 aromatic rings. The van der Waals surface area contributed by atoms with Crippen LogP contribution in [0.25, 0.3) is 27.8 Å². The maximum absolute atomic E-state index is 16.3. The van der Waals surface area contributed by atoms with Crippen LogP contribution in [0.1, 0.15) is 93.0 Å². The standard InChI is InChI=1S/C29H35FN6/c1-15(2)23-24-22(34-27(23)21-13-36-28(32-14-33-36)17(4)16(21)3)12-31-26(25(24)30)19-5-7-20(8-6-19)35-29-9-18(10-29)11-29/h12-15,18-20,34-35H,5-11H2,1-4H3. The molecular formula is C29H35FN6. The molecule has 4 fully saturated rings. The van der Waals surface area contributed by atoms with E-state index < -0.39 is 0 Å². The van der Waals surface area contributed by atoms with Crippen LogP contribution < -0.4 is 5.32 Å². The van der Waals surface area contributed by atoms with Gasteiger partial charge in [-0.25, -0.2) is 13.9 Å². The summed E-state index contributed by atoms with van der Waals surface area (Å²) in [5, 5.41) is 9.02. The van der Waals surface area contributed by atoms with Gasteiger partial charge in [-0.2, -0.15) is 5.10 Å². The second kappa shape index (κ2) is 7.85. The Morgan fingerprint density at radius 2 is 1.83 bits per heavy atom. The lowest BCUT2D eigenvalue weighted by Crippen LogP contribution is -2.69. The van der Waals surface area contributed by atoms with Crippen molar-refractivity contribution in [3.63, 3.8) is 0 Å². The minimum atomic E-state index is -0.134. The molecule has 6 nitrogen and oxygen atoms in total. The molecule has 4 heterocycles. The molecule has 4 aliphatic carbocycles. The molecular weight excluding hydrogens is 451 g/mol. The summed E-state index contributed by atoms with van der Waals surface area (Å²) in [4.78, 5) is 12.6. The van der Waals surface area contributed by atoms with E-state index in [1.54, 1.807) is 6.33 Å². The van der Waals surface area contributed by atoms with Crippen molar-refractivity contribution in [2.75, 3.05) is 0 Å². The lowest BCUT2D eigenvalue weighted by atomic mass is 9.49. The van der Waals surface area contributed by atoms with Crippen LogP contribution in [-0.4, -0.2) is 36.1 Å². The molecule has 0 saturated heterocycles. The highest BCUT2D eigenvalue weighted by molar-refractivity contribution is 5.92. The Bertz CT molecular complexity index is 1470. The zero-order valence-electron chi connectivity index (χ0n) is 21.7. The van der Waals surface area contributed by atoms with Crippen molar-refractivity contribution < 1.29 is 4.39 Å². The van der Waals surface area contributed by atoms with Crippen LogP contribution in [0.2, 0.25) is 0 Å². The van der Waals surface area contributed by atoms with Gasteiger partial charge in [0, 0.05) is 34.6 Å². The quantitative estimate of drug-likeness (QED) is 0.346. The van der Waals surface area contributed by atoms with Gasteiger partial charge >= 0.3 is 0 Å². The fourth-order valence-electron chi connectivity index (χ4n) is 7.31. The summed E-state index contributed by atoms with van der Waals surface area (Å²) in [6.45, 7) is 8.46. The molecule has 0 atom stereocenters. The normalized spacial score (nSPS) is 27.6. The maximum atomic E-state index is 16.3. The highest BCUT2D eigenvalue weighted by Crippen LogP contribution is 2.57. The van der Waals surface area contributed by atoms with Crippen LogP contribution in [0.5, 0.6) is 0 Å². The summed E-state index contributed by atoms with van der Waals surface area (Å²) in [6.07, 6.45) is 13.8. The molecule has 188 valence electrons. The highest BCUT2D eigenvalue weighted by atomic mass is 19.1. The number of hydrogen-bond donors (Lipinski definition) is 2. The van der Waals surface area contributed by atoms with Crippen LogP contribution in [0, 0.1) is 25.6 Å². The van der Waals surface area contributed by atoms with E-state index in [4.69, 9.17) is 4.98 Å². The maximum Gasteiger partial charge on any atom is 0.158 e. The van der Waals surface area contributed by atoms with Crippen LogP contribution in [0.3, 0.4) is 0 Å². The van der Waals surface area contributed by atoms with E-state index in [0.717, 1.165) is 70.7 Å². The van der Waals surface area contributed by atoms with Crippen molar-refractivity contribution in [2.45, 2.75) is 96.1 Å². The Kier molecular flexibility index (Phi) is 4.88. The Hall–Kier alpha value is -2.80. The van der Waals surface area contributed by atoms with Crippen molar-refractivity contribution in [2.24, 2.45) is 5.92 Å². The molecule has 7 heteroatoms. The van der Waals surface area contributed by atoms with E-state index in [1.165, 1.54) is 19.3 Å². The molecule has 0 aliphatic heterocycles. The van der Waals surface area contributed by atoms with Gasteiger partial charge in [-0.05, 0) is 87.3 Å². The van der Waals surface area contributed by atoms with Crippen molar-refractivity contribution in [1.29, 1.82) is 0 Å². The molecule has 0 amide bonds. The zero-order valence-corrected chi connectivity index (χ0v) is 21.7. The molecule has 8 rings (SSSR count). The van der Waals surface area contributed by atoms with Crippen molar-refractivity contribution in [1.82, 2.24) is 29.9 Å². The molecule has 0 unspecified atom stereocenters. The zero-order chi connectivity index (χ0) is 24.8. The highest BCUT2D eigenvalue weighted by Gasteiger charge is 2.56. The van der Waals surface area contributed by atoms with Gasteiger partial charge in [0.05, 0.1) is 23.1 Å². The van der Waals surface area contributed by atoms with Gasteiger partial charge in [-0.1, -0.05) is 13.8 Å². The molecule has 2 N–H and O–H groups in total. The Labute approximate surface area is 211 Å². The number of H-pyrrole nitrogens is 1. The smallest absolute Gasteiger partial charge is 0.158 e. The van der Waals surface area contributed by atoms with Crippen LogP contribution in [0.15, 0.2) is 18.7 Å². The van der Waals surface area contributed by atoms with Gasteiger partial charge in [0.25, 0.3) is 0 Å². The second-order valence-corrected chi connectivity index (χ2v) is 12.1. The van der Waals surface area contributed by atoms with E-state index >= 15 is 4.39 Å². The molecule has 4 aromatic heterocycles. The third-order valence-corrected chi connectivity index (χ3v) is 9.48. The van der Waals surface area contributed by atoms with Gasteiger partial charge in [-0.3, -0.25) is 4.98 Å². The van der Waals surface area contributed by atoms with Crippen LogP contribution in [0.4, 0.5) is 4.39 Å². The van der Waals surface area contributed by atoms with Gasteiger partial charge in [-0.15, -0.1) is 0 Å². The Morgan fingerprint density at radius 3 is 2.50 bits per heavy atom. The lowest BCUT2D eigenvalue weighted by Gasteiger charge is -2.63. The largest absolute Gasteiger partial charge is 0.353 e. The van der Waals surface area contributed by atoms with Gasteiger partial charge in [0.2, 0.25) is 0 Å². The van der Waals surface area contributed by atoms with E-state index in [2.05, 4.69) is 48.1 Å². The average molecular weight is 487 g/mol. The first kappa shape index (κ1) is 22.4. The first-order chi connectivity index (χ1) is 17.3. The number of nitrogens with zero attached hydrogens (tertiary/aromatic N) is 4. The third-order valence-electron chi connectivity index (χ3n) is 9.48. The Morgan fingerprint density at radius 1 is 1.08 bits per heavy atom. The Balaban J connectivity index is 1.25. The number of pyridine rings is 2. The predicted octanol–water partition coefficient (Wildman–Crippen LogP) is 6.32.